The molecule has 1 fully saturated rings. The molecule has 20 heavy (non-hydrogen) atoms. The predicted molar refractivity (Wildman–Crippen MR) is 79.7 cm³/mol. The van der Waals surface area contributed by atoms with Gasteiger partial charge in [0.15, 0.2) is 0 Å². The predicted octanol–water partition coefficient (Wildman–Crippen LogP) is 2.00. The fraction of sp³-hybridized carbons (Fsp3) is 0.933. The van der Waals surface area contributed by atoms with Crippen LogP contribution in [-0.4, -0.2) is 55.0 Å². The molecule has 5 nitrogen and oxygen atoms in total. The van der Waals surface area contributed by atoms with Crippen LogP contribution >= 0.6 is 0 Å². The van der Waals surface area contributed by atoms with Crippen LogP contribution in [0.5, 0.6) is 0 Å². The molecular formula is C15H30N2O3. The molecule has 0 radical (unpaired) electrons. The number of carbonyl (C=O) groups is 1. The highest BCUT2D eigenvalue weighted by Gasteiger charge is 2.25. The number of likely N-dealkylation sites (tertiary alicyclic amines) is 1. The maximum Gasteiger partial charge on any atom is 0.409 e. The van der Waals surface area contributed by atoms with Gasteiger partial charge >= 0.3 is 6.09 Å². The first-order chi connectivity index (χ1) is 9.48. The number of aliphatic hydroxyl groups is 1. The van der Waals surface area contributed by atoms with E-state index < -0.39 is 0 Å². The van der Waals surface area contributed by atoms with Crippen LogP contribution in [0, 0.1) is 5.41 Å². The van der Waals surface area contributed by atoms with E-state index in [2.05, 4.69) is 19.2 Å². The molecule has 0 aromatic rings. The number of carbonyl (C=O) groups excluding carboxylic acids is 1. The minimum absolute atomic E-state index is 0.186. The Balaban J connectivity index is 2.23. The Bertz CT molecular complexity index is 287. The van der Waals surface area contributed by atoms with E-state index in [0.29, 0.717) is 12.6 Å². The van der Waals surface area contributed by atoms with Crippen molar-refractivity contribution >= 4 is 6.09 Å². The molecule has 0 aromatic carbocycles. The zero-order chi connectivity index (χ0) is 15.0. The zero-order valence-corrected chi connectivity index (χ0v) is 13.2. The first-order valence-electron chi connectivity index (χ1n) is 7.74. The second kappa shape index (κ2) is 8.47. The van der Waals surface area contributed by atoms with Crippen LogP contribution in [-0.2, 0) is 4.74 Å². The van der Waals surface area contributed by atoms with E-state index in [0.717, 1.165) is 45.3 Å². The Morgan fingerprint density at radius 2 is 2.05 bits per heavy atom. The molecule has 0 spiro atoms. The second-order valence-corrected chi connectivity index (χ2v) is 6.33. The Kier molecular flexibility index (Phi) is 7.30. The fourth-order valence-corrected chi connectivity index (χ4v) is 2.55. The Morgan fingerprint density at radius 3 is 2.60 bits per heavy atom. The van der Waals surface area contributed by atoms with Crippen molar-refractivity contribution in [3.8, 4) is 0 Å². The number of hydrogen-bond acceptors (Lipinski definition) is 4. The van der Waals surface area contributed by atoms with Crippen molar-refractivity contribution < 1.29 is 14.6 Å². The summed E-state index contributed by atoms with van der Waals surface area (Å²) >= 11 is 0. The summed E-state index contributed by atoms with van der Waals surface area (Å²) in [5, 5.41) is 12.5. The molecule has 1 rings (SSSR count). The summed E-state index contributed by atoms with van der Waals surface area (Å²) in [6.07, 6.45) is 3.66. The quantitative estimate of drug-likeness (QED) is 0.751. The van der Waals surface area contributed by atoms with E-state index in [-0.39, 0.29) is 18.1 Å². The monoisotopic (exact) mass is 286 g/mol. The SMILES string of the molecule is CCOC(=O)N1CCC(NCC(C)(C)CCCO)CC1. The molecule has 0 bridgehead atoms. The fourth-order valence-electron chi connectivity index (χ4n) is 2.55. The Hall–Kier alpha value is -0.810. The van der Waals surface area contributed by atoms with Gasteiger partial charge < -0.3 is 20.1 Å². The summed E-state index contributed by atoms with van der Waals surface area (Å²) in [6, 6.07) is 0.481. The van der Waals surface area contributed by atoms with Crippen LogP contribution in [0.3, 0.4) is 0 Å². The minimum Gasteiger partial charge on any atom is -0.450 e. The van der Waals surface area contributed by atoms with E-state index in [1.54, 1.807) is 4.90 Å². The van der Waals surface area contributed by atoms with E-state index in [1.807, 2.05) is 6.92 Å². The van der Waals surface area contributed by atoms with E-state index in [9.17, 15) is 4.79 Å². The smallest absolute Gasteiger partial charge is 0.409 e. The van der Waals surface area contributed by atoms with Gasteiger partial charge in [-0.1, -0.05) is 13.8 Å². The summed E-state index contributed by atoms with van der Waals surface area (Å²) in [6.45, 7) is 9.49. The number of nitrogens with one attached hydrogen (secondary N) is 1. The Morgan fingerprint density at radius 1 is 1.40 bits per heavy atom. The average Bonchev–Trinajstić information content (AvgIpc) is 2.44. The largest absolute Gasteiger partial charge is 0.450 e. The van der Waals surface area contributed by atoms with E-state index in [4.69, 9.17) is 9.84 Å². The number of rotatable bonds is 7. The molecule has 1 saturated heterocycles. The Labute approximate surface area is 122 Å². The minimum atomic E-state index is -0.186. The standard InChI is InChI=1S/C15H30N2O3/c1-4-20-14(19)17-9-6-13(7-10-17)16-12-15(2,3)8-5-11-18/h13,16,18H,4-12H2,1-3H3. The lowest BCUT2D eigenvalue weighted by Gasteiger charge is -2.34. The number of piperidine rings is 1. The molecule has 0 saturated carbocycles. The van der Waals surface area contributed by atoms with Gasteiger partial charge in [0.25, 0.3) is 0 Å². The molecule has 1 aliphatic rings. The number of nitrogens with zero attached hydrogens (tertiary/aromatic N) is 1. The molecule has 0 atom stereocenters. The summed E-state index contributed by atoms with van der Waals surface area (Å²) in [7, 11) is 0. The highest BCUT2D eigenvalue weighted by Crippen LogP contribution is 2.22. The van der Waals surface area contributed by atoms with Gasteiger partial charge in [-0.25, -0.2) is 4.79 Å². The highest BCUT2D eigenvalue weighted by molar-refractivity contribution is 5.67. The summed E-state index contributed by atoms with van der Waals surface area (Å²) in [4.78, 5) is 13.4. The van der Waals surface area contributed by atoms with Crippen molar-refractivity contribution in [3.63, 3.8) is 0 Å². The molecular weight excluding hydrogens is 256 g/mol. The van der Waals surface area contributed by atoms with E-state index in [1.165, 1.54) is 0 Å². The van der Waals surface area contributed by atoms with E-state index >= 15 is 0 Å². The van der Waals surface area contributed by atoms with Gasteiger partial charge in [0.1, 0.15) is 0 Å². The van der Waals surface area contributed by atoms with Gasteiger partial charge in [0, 0.05) is 32.3 Å². The maximum atomic E-state index is 11.6. The van der Waals surface area contributed by atoms with Crippen LogP contribution in [0.15, 0.2) is 0 Å². The normalized spacial score (nSPS) is 17.3. The molecule has 5 heteroatoms. The molecule has 0 aliphatic carbocycles. The first kappa shape index (κ1) is 17.2. The number of aliphatic hydroxyl groups excluding tert-OH is 1. The van der Waals surface area contributed by atoms with Crippen molar-refractivity contribution in [2.24, 2.45) is 5.41 Å². The molecule has 1 amide bonds. The van der Waals surface area contributed by atoms with Gasteiger partial charge in [-0.3, -0.25) is 0 Å². The highest BCUT2D eigenvalue weighted by atomic mass is 16.6. The molecule has 118 valence electrons. The summed E-state index contributed by atoms with van der Waals surface area (Å²) in [5.74, 6) is 0. The van der Waals surface area contributed by atoms with Crippen LogP contribution in [0.2, 0.25) is 0 Å². The molecule has 0 unspecified atom stereocenters. The van der Waals surface area contributed by atoms with Crippen molar-refractivity contribution in [1.29, 1.82) is 0 Å². The molecule has 1 aliphatic heterocycles. The van der Waals surface area contributed by atoms with Crippen LogP contribution in [0.25, 0.3) is 0 Å². The van der Waals surface area contributed by atoms with Gasteiger partial charge in [-0.15, -0.1) is 0 Å². The van der Waals surface area contributed by atoms with Gasteiger partial charge in [-0.05, 0) is 38.0 Å². The second-order valence-electron chi connectivity index (χ2n) is 6.33. The van der Waals surface area contributed by atoms with Crippen molar-refractivity contribution in [2.45, 2.75) is 52.5 Å². The first-order valence-corrected chi connectivity index (χ1v) is 7.74. The lowest BCUT2D eigenvalue weighted by atomic mass is 9.87. The van der Waals surface area contributed by atoms with Gasteiger partial charge in [0.2, 0.25) is 0 Å². The number of amides is 1. The number of ether oxygens (including phenoxy) is 1. The van der Waals surface area contributed by atoms with Crippen molar-refractivity contribution in [2.75, 3.05) is 32.8 Å². The zero-order valence-electron chi connectivity index (χ0n) is 13.2. The lowest BCUT2D eigenvalue weighted by Crippen LogP contribution is -2.47. The lowest BCUT2D eigenvalue weighted by molar-refractivity contribution is 0.0939. The topological polar surface area (TPSA) is 61.8 Å². The third-order valence-corrected chi connectivity index (χ3v) is 3.90. The summed E-state index contributed by atoms with van der Waals surface area (Å²) < 4.78 is 5.02. The third-order valence-electron chi connectivity index (χ3n) is 3.90. The molecule has 2 N–H and O–H groups in total. The summed E-state index contributed by atoms with van der Waals surface area (Å²) in [5.41, 5.74) is 0.209. The van der Waals surface area contributed by atoms with Crippen LogP contribution in [0.4, 0.5) is 4.79 Å². The maximum absolute atomic E-state index is 11.6. The van der Waals surface area contributed by atoms with Crippen LogP contribution < -0.4 is 5.32 Å². The van der Waals surface area contributed by atoms with Gasteiger partial charge in [-0.2, -0.15) is 0 Å². The average molecular weight is 286 g/mol. The van der Waals surface area contributed by atoms with Gasteiger partial charge in [0.05, 0.1) is 6.61 Å². The number of hydrogen-bond donors (Lipinski definition) is 2. The molecule has 1 heterocycles. The molecule has 0 aromatic heterocycles. The van der Waals surface area contributed by atoms with Crippen molar-refractivity contribution in [1.82, 2.24) is 10.2 Å². The van der Waals surface area contributed by atoms with Crippen LogP contribution in [0.1, 0.15) is 46.5 Å². The third kappa shape index (κ3) is 6.09. The van der Waals surface area contributed by atoms with Crippen molar-refractivity contribution in [3.05, 3.63) is 0 Å².